The van der Waals surface area contributed by atoms with Crippen LogP contribution < -0.4 is 4.57 Å². The Morgan fingerprint density at radius 3 is 2.91 bits per heavy atom. The lowest BCUT2D eigenvalue weighted by molar-refractivity contribution is -0.579. The molecule has 0 bridgehead atoms. The van der Waals surface area contributed by atoms with E-state index in [2.05, 4.69) is 4.98 Å². The molecule has 0 aliphatic carbocycles. The Balaban J connectivity index is 3.15. The molecule has 0 radical (unpaired) electrons. The van der Waals surface area contributed by atoms with E-state index in [1.165, 1.54) is 10.9 Å². The van der Waals surface area contributed by atoms with Gasteiger partial charge in [-0.2, -0.15) is 9.83 Å². The fraction of sp³-hybridized carbons (Fsp3) is 0. The fourth-order valence-corrected chi connectivity index (χ4v) is 0.612. The van der Waals surface area contributed by atoms with E-state index in [4.69, 9.17) is 10.7 Å². The van der Waals surface area contributed by atoms with E-state index >= 15 is 0 Å². The maximum atomic E-state index is 8.46. The van der Waals surface area contributed by atoms with E-state index in [0.29, 0.717) is 0 Å². The zero-order valence-electron chi connectivity index (χ0n) is 5.65. The Labute approximate surface area is 63.6 Å². The lowest BCUT2D eigenvalue weighted by Gasteiger charge is -1.86. The van der Waals surface area contributed by atoms with Crippen molar-refractivity contribution < 1.29 is 4.57 Å². The molecule has 0 spiro atoms. The molecular formula is C7H5N4+. The van der Waals surface area contributed by atoms with Crippen LogP contribution in [0.25, 0.3) is 5.70 Å². The standard InChI is InChI=1S/C7H5N4/c8-4-7(5-9)11-3-1-2-10-6-11/h1-3,6,8H/q+1. The van der Waals surface area contributed by atoms with Crippen molar-refractivity contribution in [3.63, 3.8) is 0 Å². The SMILES string of the molecule is N#CC(=C=N)[n+]1cccnc1. The highest BCUT2D eigenvalue weighted by Crippen LogP contribution is 1.81. The maximum absolute atomic E-state index is 8.46. The van der Waals surface area contributed by atoms with Crippen LogP contribution in [0.5, 0.6) is 0 Å². The maximum Gasteiger partial charge on any atom is 0.292 e. The van der Waals surface area contributed by atoms with Gasteiger partial charge in [0, 0.05) is 11.9 Å². The second-order valence-electron chi connectivity index (χ2n) is 1.75. The molecule has 1 aromatic rings. The summed E-state index contributed by atoms with van der Waals surface area (Å²) in [4.78, 5) is 3.77. The van der Waals surface area contributed by atoms with E-state index in [-0.39, 0.29) is 5.70 Å². The van der Waals surface area contributed by atoms with E-state index in [9.17, 15) is 0 Å². The van der Waals surface area contributed by atoms with Crippen molar-refractivity contribution in [2.24, 2.45) is 0 Å². The monoisotopic (exact) mass is 145 g/mol. The molecule has 52 valence electrons. The average Bonchev–Trinajstić information content (AvgIpc) is 2.09. The lowest BCUT2D eigenvalue weighted by atomic mass is 10.5. The van der Waals surface area contributed by atoms with Crippen LogP contribution in [-0.2, 0) is 0 Å². The van der Waals surface area contributed by atoms with Gasteiger partial charge in [-0.25, -0.2) is 0 Å². The normalized spacial score (nSPS) is 7.91. The Morgan fingerprint density at radius 2 is 2.45 bits per heavy atom. The Morgan fingerprint density at radius 1 is 1.64 bits per heavy atom. The zero-order valence-corrected chi connectivity index (χ0v) is 5.65. The van der Waals surface area contributed by atoms with Gasteiger partial charge in [0.1, 0.15) is 12.4 Å². The molecule has 0 saturated heterocycles. The third-order valence-electron chi connectivity index (χ3n) is 1.09. The molecule has 1 N–H and O–H groups in total. The van der Waals surface area contributed by atoms with Gasteiger partial charge in [-0.05, 0) is 0 Å². The molecular weight excluding hydrogens is 140 g/mol. The highest BCUT2D eigenvalue weighted by molar-refractivity contribution is 5.80. The predicted octanol–water partition coefficient (Wildman–Crippen LogP) is -0.0179. The fourth-order valence-electron chi connectivity index (χ4n) is 0.612. The number of nitrogens with zero attached hydrogens (tertiary/aromatic N) is 3. The minimum atomic E-state index is 0.123. The molecule has 1 aromatic heterocycles. The summed E-state index contributed by atoms with van der Waals surface area (Å²) in [5.74, 6) is 2.00. The smallest absolute Gasteiger partial charge is 0.254 e. The van der Waals surface area contributed by atoms with Gasteiger partial charge >= 0.3 is 0 Å². The predicted molar refractivity (Wildman–Crippen MR) is 37.5 cm³/mol. The van der Waals surface area contributed by atoms with Crippen LogP contribution in [0, 0.1) is 16.7 Å². The number of rotatable bonds is 1. The average molecular weight is 145 g/mol. The van der Waals surface area contributed by atoms with Crippen molar-refractivity contribution in [3.8, 4) is 6.07 Å². The first-order chi connectivity index (χ1) is 5.38. The van der Waals surface area contributed by atoms with Crippen LogP contribution in [0.2, 0.25) is 0 Å². The van der Waals surface area contributed by atoms with Crippen LogP contribution in [0.3, 0.4) is 0 Å². The van der Waals surface area contributed by atoms with Crippen LogP contribution in [0.4, 0.5) is 0 Å². The van der Waals surface area contributed by atoms with E-state index < -0.39 is 0 Å². The van der Waals surface area contributed by atoms with Crippen molar-refractivity contribution in [2.75, 3.05) is 0 Å². The summed E-state index contributed by atoms with van der Waals surface area (Å²) < 4.78 is 1.42. The van der Waals surface area contributed by atoms with Crippen molar-refractivity contribution >= 4 is 11.6 Å². The van der Waals surface area contributed by atoms with Gasteiger partial charge in [-0.15, -0.1) is 0 Å². The molecule has 0 saturated carbocycles. The van der Waals surface area contributed by atoms with E-state index in [1.807, 2.05) is 11.9 Å². The largest absolute Gasteiger partial charge is 0.292 e. The third-order valence-corrected chi connectivity index (χ3v) is 1.09. The van der Waals surface area contributed by atoms with Crippen LogP contribution in [-0.4, -0.2) is 10.9 Å². The molecule has 0 amide bonds. The number of nitriles is 1. The van der Waals surface area contributed by atoms with E-state index in [0.717, 1.165) is 0 Å². The molecule has 4 nitrogen and oxygen atoms in total. The first-order valence-electron chi connectivity index (χ1n) is 2.90. The summed E-state index contributed by atoms with van der Waals surface area (Å²) in [5, 5.41) is 15.2. The number of nitrogens with one attached hydrogen (secondary N) is 1. The highest BCUT2D eigenvalue weighted by atomic mass is 15.0. The first kappa shape index (κ1) is 7.13. The van der Waals surface area contributed by atoms with Crippen molar-refractivity contribution in [2.45, 2.75) is 0 Å². The molecule has 1 rings (SSSR count). The van der Waals surface area contributed by atoms with Gasteiger partial charge < -0.3 is 0 Å². The number of allylic oxidation sites excluding steroid dienone is 1. The molecule has 0 fully saturated rings. The summed E-state index contributed by atoms with van der Waals surface area (Å²) in [5.41, 5.74) is 0.123. The molecule has 0 aliphatic rings. The third kappa shape index (κ3) is 1.48. The van der Waals surface area contributed by atoms with E-state index in [1.54, 1.807) is 18.5 Å². The van der Waals surface area contributed by atoms with Gasteiger partial charge in [0.05, 0.1) is 0 Å². The molecule has 0 atom stereocenters. The molecule has 11 heavy (non-hydrogen) atoms. The number of hydrogen-bond donors (Lipinski definition) is 1. The van der Waals surface area contributed by atoms with Gasteiger partial charge in [-0.1, -0.05) is 4.98 Å². The highest BCUT2D eigenvalue weighted by Gasteiger charge is 2.01. The molecule has 1 heterocycles. The Kier molecular flexibility index (Phi) is 2.11. The van der Waals surface area contributed by atoms with Crippen LogP contribution >= 0.6 is 0 Å². The molecule has 4 heteroatoms. The quantitative estimate of drug-likeness (QED) is 0.343. The van der Waals surface area contributed by atoms with Crippen LogP contribution in [0.15, 0.2) is 24.8 Å². The summed E-state index contributed by atoms with van der Waals surface area (Å²) >= 11 is 0. The summed E-state index contributed by atoms with van der Waals surface area (Å²) in [6.07, 6.45) is 4.67. The van der Waals surface area contributed by atoms with Crippen molar-refractivity contribution in [1.29, 1.82) is 10.7 Å². The number of aromatic nitrogens is 2. The van der Waals surface area contributed by atoms with Gasteiger partial charge in [0.2, 0.25) is 0 Å². The van der Waals surface area contributed by atoms with Gasteiger partial charge in [0.25, 0.3) is 12.0 Å². The van der Waals surface area contributed by atoms with Gasteiger partial charge in [-0.3, -0.25) is 5.41 Å². The number of hydrogen-bond acceptors (Lipinski definition) is 3. The first-order valence-corrected chi connectivity index (χ1v) is 2.90. The summed E-state index contributed by atoms with van der Waals surface area (Å²) in [7, 11) is 0. The Hall–Kier alpha value is -1.98. The molecule has 0 unspecified atom stereocenters. The minimum absolute atomic E-state index is 0.123. The topological polar surface area (TPSA) is 64.4 Å². The second kappa shape index (κ2) is 3.25. The summed E-state index contributed by atoms with van der Waals surface area (Å²) in [6.45, 7) is 0. The lowest BCUT2D eigenvalue weighted by Crippen LogP contribution is -2.31. The summed E-state index contributed by atoms with van der Waals surface area (Å²) in [6, 6.07) is 3.48. The zero-order chi connectivity index (χ0) is 8.10. The second-order valence-corrected chi connectivity index (χ2v) is 1.75. The van der Waals surface area contributed by atoms with Crippen molar-refractivity contribution in [1.82, 2.24) is 4.98 Å². The van der Waals surface area contributed by atoms with Crippen molar-refractivity contribution in [3.05, 3.63) is 24.8 Å². The molecule has 0 aliphatic heterocycles. The molecule has 0 aromatic carbocycles. The minimum Gasteiger partial charge on any atom is -0.254 e. The Bertz CT molecular complexity index is 329. The van der Waals surface area contributed by atoms with Gasteiger partial charge in [0.15, 0.2) is 6.07 Å². The van der Waals surface area contributed by atoms with Crippen LogP contribution in [0.1, 0.15) is 0 Å².